The van der Waals surface area contributed by atoms with E-state index >= 15 is 0 Å². The minimum absolute atomic E-state index is 0.224. The van der Waals surface area contributed by atoms with Gasteiger partial charge in [0.1, 0.15) is 5.76 Å². The number of halogens is 1. The van der Waals surface area contributed by atoms with Crippen LogP contribution in [-0.4, -0.2) is 11.9 Å². The van der Waals surface area contributed by atoms with E-state index in [0.717, 1.165) is 11.1 Å². The quantitative estimate of drug-likeness (QED) is 0.622. The van der Waals surface area contributed by atoms with Gasteiger partial charge in [0.25, 0.3) is 0 Å². The molecule has 20 heavy (non-hydrogen) atoms. The summed E-state index contributed by atoms with van der Waals surface area (Å²) in [7, 11) is 0. The van der Waals surface area contributed by atoms with Gasteiger partial charge in [0.05, 0.1) is 0 Å². The van der Waals surface area contributed by atoms with Crippen molar-refractivity contribution in [2.75, 3.05) is 0 Å². The van der Waals surface area contributed by atoms with Crippen LogP contribution in [0.1, 0.15) is 16.9 Å². The molecule has 0 atom stereocenters. The molecular formula is C15H10BrNO3. The zero-order chi connectivity index (χ0) is 14.1. The van der Waals surface area contributed by atoms with Gasteiger partial charge < -0.3 is 9.15 Å². The number of ether oxygens (including phenoxy) is 1. The Morgan fingerprint density at radius 1 is 1.15 bits per heavy atom. The molecule has 2 heterocycles. The summed E-state index contributed by atoms with van der Waals surface area (Å²) in [5.41, 5.74) is 2.13. The third-order valence-corrected chi connectivity index (χ3v) is 3.22. The van der Waals surface area contributed by atoms with E-state index in [1.807, 2.05) is 31.2 Å². The lowest BCUT2D eigenvalue weighted by atomic mass is 10.1. The Morgan fingerprint density at radius 2 is 1.90 bits per heavy atom. The van der Waals surface area contributed by atoms with Crippen LogP contribution in [0, 0.1) is 6.92 Å². The summed E-state index contributed by atoms with van der Waals surface area (Å²) in [4.78, 5) is 16.0. The van der Waals surface area contributed by atoms with Crippen LogP contribution < -0.4 is 0 Å². The second-order valence-electron chi connectivity index (χ2n) is 4.34. The first kappa shape index (κ1) is 12.9. The Kier molecular flexibility index (Phi) is 3.28. The highest BCUT2D eigenvalue weighted by molar-refractivity contribution is 9.10. The fourth-order valence-electron chi connectivity index (χ4n) is 1.77. The van der Waals surface area contributed by atoms with Crippen LogP contribution in [0.25, 0.3) is 6.08 Å². The van der Waals surface area contributed by atoms with E-state index in [-0.39, 0.29) is 5.70 Å². The maximum atomic E-state index is 11.8. The first-order valence-electron chi connectivity index (χ1n) is 5.97. The number of carbonyl (C=O) groups excluding carboxylic acids is 1. The van der Waals surface area contributed by atoms with E-state index in [2.05, 4.69) is 20.9 Å². The number of benzene rings is 1. The standard InChI is InChI=1S/C15H10BrNO3/c1-9-2-4-10(5-3-9)14-17-12(15(18)20-14)8-11-6-7-13(16)19-11/h2-8H,1H3/b12-8+. The molecule has 0 saturated carbocycles. The Bertz CT molecular complexity index is 726. The summed E-state index contributed by atoms with van der Waals surface area (Å²) in [6.07, 6.45) is 1.55. The fraction of sp³-hybridized carbons (Fsp3) is 0.0667. The van der Waals surface area contributed by atoms with Crippen LogP contribution in [0.15, 0.2) is 56.2 Å². The average molecular weight is 332 g/mol. The van der Waals surface area contributed by atoms with Gasteiger partial charge in [-0.15, -0.1) is 0 Å². The summed E-state index contributed by atoms with van der Waals surface area (Å²) in [5, 5.41) is 0. The van der Waals surface area contributed by atoms with Gasteiger partial charge in [-0.25, -0.2) is 9.79 Å². The predicted molar refractivity (Wildman–Crippen MR) is 78.2 cm³/mol. The van der Waals surface area contributed by atoms with Gasteiger partial charge in [-0.05, 0) is 47.1 Å². The van der Waals surface area contributed by atoms with Crippen molar-refractivity contribution in [3.8, 4) is 0 Å². The molecule has 0 N–H and O–H groups in total. The van der Waals surface area contributed by atoms with Crippen molar-refractivity contribution < 1.29 is 13.9 Å². The number of rotatable bonds is 2. The molecule has 1 aromatic carbocycles. The summed E-state index contributed by atoms with van der Waals surface area (Å²) in [6.45, 7) is 1.99. The number of aliphatic imine (C=N–C) groups is 1. The number of hydrogen-bond donors (Lipinski definition) is 0. The smallest absolute Gasteiger partial charge is 0.363 e. The molecule has 0 spiro atoms. The summed E-state index contributed by atoms with van der Waals surface area (Å²) in [5.74, 6) is 0.373. The third kappa shape index (κ3) is 2.58. The largest absolute Gasteiger partial charge is 0.450 e. The molecule has 0 radical (unpaired) electrons. The lowest BCUT2D eigenvalue weighted by Crippen LogP contribution is -2.05. The van der Waals surface area contributed by atoms with Gasteiger partial charge in [0.15, 0.2) is 10.4 Å². The maximum absolute atomic E-state index is 11.8. The zero-order valence-electron chi connectivity index (χ0n) is 10.6. The maximum Gasteiger partial charge on any atom is 0.363 e. The molecule has 4 nitrogen and oxygen atoms in total. The van der Waals surface area contributed by atoms with Gasteiger partial charge in [-0.1, -0.05) is 17.7 Å². The highest BCUT2D eigenvalue weighted by Crippen LogP contribution is 2.21. The first-order valence-corrected chi connectivity index (χ1v) is 6.76. The minimum atomic E-state index is -0.479. The lowest BCUT2D eigenvalue weighted by Gasteiger charge is -1.99. The molecular weight excluding hydrogens is 322 g/mol. The molecule has 2 aromatic rings. The third-order valence-electron chi connectivity index (χ3n) is 2.79. The van der Waals surface area contributed by atoms with Gasteiger partial charge in [0, 0.05) is 11.6 Å². The predicted octanol–water partition coefficient (Wildman–Crippen LogP) is 3.70. The van der Waals surface area contributed by atoms with Crippen molar-refractivity contribution in [2.45, 2.75) is 6.92 Å². The number of furan rings is 1. The van der Waals surface area contributed by atoms with Crippen LogP contribution in [-0.2, 0) is 9.53 Å². The average Bonchev–Trinajstić information content (AvgIpc) is 2.98. The number of hydrogen-bond acceptors (Lipinski definition) is 4. The van der Waals surface area contributed by atoms with E-state index in [4.69, 9.17) is 9.15 Å². The van der Waals surface area contributed by atoms with Crippen LogP contribution >= 0.6 is 15.9 Å². The van der Waals surface area contributed by atoms with Gasteiger partial charge in [-0.3, -0.25) is 0 Å². The minimum Gasteiger partial charge on any atom is -0.450 e. The molecule has 0 saturated heterocycles. The molecule has 0 amide bonds. The molecule has 0 bridgehead atoms. The molecule has 1 aliphatic heterocycles. The normalized spacial score (nSPS) is 16.4. The summed E-state index contributed by atoms with van der Waals surface area (Å²) < 4.78 is 11.1. The van der Waals surface area contributed by atoms with Crippen molar-refractivity contribution in [2.24, 2.45) is 4.99 Å². The molecule has 0 aliphatic carbocycles. The molecule has 0 fully saturated rings. The first-order chi connectivity index (χ1) is 9.61. The molecule has 3 rings (SSSR count). The van der Waals surface area contributed by atoms with E-state index in [1.54, 1.807) is 18.2 Å². The van der Waals surface area contributed by atoms with Crippen molar-refractivity contribution in [3.63, 3.8) is 0 Å². The van der Waals surface area contributed by atoms with Crippen LogP contribution in [0.3, 0.4) is 0 Å². The van der Waals surface area contributed by atoms with Gasteiger partial charge in [-0.2, -0.15) is 0 Å². The second kappa shape index (κ2) is 5.09. The lowest BCUT2D eigenvalue weighted by molar-refractivity contribution is -0.129. The van der Waals surface area contributed by atoms with E-state index < -0.39 is 5.97 Å². The zero-order valence-corrected chi connectivity index (χ0v) is 12.2. The van der Waals surface area contributed by atoms with Crippen molar-refractivity contribution in [1.82, 2.24) is 0 Å². The van der Waals surface area contributed by atoms with Crippen molar-refractivity contribution >= 4 is 33.9 Å². The molecule has 1 aliphatic rings. The summed E-state index contributed by atoms with van der Waals surface area (Å²) in [6, 6.07) is 11.1. The number of esters is 1. The van der Waals surface area contributed by atoms with E-state index in [1.165, 1.54) is 0 Å². The number of aryl methyl sites for hydroxylation is 1. The number of cyclic esters (lactones) is 1. The van der Waals surface area contributed by atoms with Crippen molar-refractivity contribution in [3.05, 3.63) is 63.7 Å². The van der Waals surface area contributed by atoms with Crippen molar-refractivity contribution in [1.29, 1.82) is 0 Å². The SMILES string of the molecule is Cc1ccc(C2=N/C(=C/c3ccc(Br)o3)C(=O)O2)cc1. The Balaban J connectivity index is 1.92. The van der Waals surface area contributed by atoms with Crippen LogP contribution in [0.4, 0.5) is 0 Å². The topological polar surface area (TPSA) is 51.8 Å². The van der Waals surface area contributed by atoms with Crippen LogP contribution in [0.5, 0.6) is 0 Å². The Morgan fingerprint density at radius 3 is 2.55 bits per heavy atom. The fourth-order valence-corrected chi connectivity index (χ4v) is 2.09. The molecule has 100 valence electrons. The second-order valence-corrected chi connectivity index (χ2v) is 5.13. The molecule has 1 aromatic heterocycles. The summed E-state index contributed by atoms with van der Waals surface area (Å²) >= 11 is 3.20. The monoisotopic (exact) mass is 331 g/mol. The highest BCUT2D eigenvalue weighted by Gasteiger charge is 2.24. The Hall–Kier alpha value is -2.14. The van der Waals surface area contributed by atoms with E-state index in [9.17, 15) is 4.79 Å². The van der Waals surface area contributed by atoms with Gasteiger partial charge in [0.2, 0.25) is 5.90 Å². The van der Waals surface area contributed by atoms with Crippen LogP contribution in [0.2, 0.25) is 0 Å². The van der Waals surface area contributed by atoms with E-state index in [0.29, 0.717) is 16.3 Å². The molecule has 5 heteroatoms. The Labute approximate surface area is 123 Å². The molecule has 0 unspecified atom stereocenters. The highest BCUT2D eigenvalue weighted by atomic mass is 79.9. The number of carbonyl (C=O) groups is 1. The number of nitrogens with zero attached hydrogens (tertiary/aromatic N) is 1. The van der Waals surface area contributed by atoms with Gasteiger partial charge >= 0.3 is 5.97 Å².